The Kier molecular flexibility index (Phi) is 3.58. The zero-order chi connectivity index (χ0) is 10.8. The van der Waals surface area contributed by atoms with Crippen molar-refractivity contribution in [2.45, 2.75) is 38.4 Å². The van der Waals surface area contributed by atoms with E-state index >= 15 is 0 Å². The average molecular weight is 220 g/mol. The number of sulfone groups is 1. The highest BCUT2D eigenvalue weighted by atomic mass is 32.2. The molecule has 84 valence electrons. The Bertz CT molecular complexity index is 268. The molecule has 1 saturated heterocycles. The molecule has 3 nitrogen and oxygen atoms in total. The van der Waals surface area contributed by atoms with E-state index in [2.05, 4.69) is 0 Å². The number of hydrogen-bond donors (Lipinski definition) is 0. The van der Waals surface area contributed by atoms with Gasteiger partial charge in [-0.1, -0.05) is 0 Å². The van der Waals surface area contributed by atoms with Crippen LogP contribution in [-0.2, 0) is 14.6 Å². The van der Waals surface area contributed by atoms with E-state index in [0.29, 0.717) is 24.9 Å². The maximum atomic E-state index is 11.9. The summed E-state index contributed by atoms with van der Waals surface area (Å²) in [5.41, 5.74) is 0. The first-order valence-electron chi connectivity index (χ1n) is 5.13. The summed E-state index contributed by atoms with van der Waals surface area (Å²) >= 11 is 0. The smallest absolute Gasteiger partial charge is 0.155 e. The van der Waals surface area contributed by atoms with Crippen molar-refractivity contribution >= 4 is 9.84 Å². The Morgan fingerprint density at radius 3 is 2.14 bits per heavy atom. The lowest BCUT2D eigenvalue weighted by Gasteiger charge is -2.26. The molecule has 4 heteroatoms. The maximum Gasteiger partial charge on any atom is 0.155 e. The summed E-state index contributed by atoms with van der Waals surface area (Å²) < 4.78 is 28.3. The molecule has 0 aromatic heterocycles. The van der Waals surface area contributed by atoms with Crippen LogP contribution in [0.5, 0.6) is 0 Å². The van der Waals surface area contributed by atoms with Crippen LogP contribution in [0.25, 0.3) is 0 Å². The highest BCUT2D eigenvalue weighted by molar-refractivity contribution is 7.92. The Labute approximate surface area is 86.8 Å². The van der Waals surface area contributed by atoms with E-state index in [1.807, 2.05) is 0 Å². The monoisotopic (exact) mass is 220 g/mol. The predicted octanol–water partition coefficient (Wildman–Crippen LogP) is 1.63. The van der Waals surface area contributed by atoms with Crippen LogP contribution < -0.4 is 0 Å². The predicted molar refractivity (Wildman–Crippen MR) is 57.1 cm³/mol. The quantitative estimate of drug-likeness (QED) is 0.710. The summed E-state index contributed by atoms with van der Waals surface area (Å²) in [6, 6.07) is 0. The van der Waals surface area contributed by atoms with Gasteiger partial charge in [0.15, 0.2) is 9.84 Å². The zero-order valence-electron chi connectivity index (χ0n) is 9.25. The molecular formula is C10H20O3S. The molecule has 0 aromatic rings. The van der Waals surface area contributed by atoms with Crippen LogP contribution in [0.15, 0.2) is 0 Å². The van der Waals surface area contributed by atoms with Gasteiger partial charge >= 0.3 is 0 Å². The fourth-order valence-electron chi connectivity index (χ4n) is 1.47. The molecule has 0 radical (unpaired) electrons. The molecule has 0 amide bonds. The van der Waals surface area contributed by atoms with Gasteiger partial charge in [-0.05, 0) is 39.5 Å². The molecule has 1 heterocycles. The molecule has 1 rings (SSSR count). The lowest BCUT2D eigenvalue weighted by molar-refractivity contribution is 0.0722. The average Bonchev–Trinajstić information content (AvgIpc) is 2.03. The van der Waals surface area contributed by atoms with E-state index < -0.39 is 14.6 Å². The minimum atomic E-state index is -2.95. The van der Waals surface area contributed by atoms with Crippen molar-refractivity contribution in [2.24, 2.45) is 5.92 Å². The second-order valence-electron chi connectivity index (χ2n) is 4.95. The van der Waals surface area contributed by atoms with Crippen molar-refractivity contribution in [3.05, 3.63) is 0 Å². The molecule has 0 aromatic carbocycles. The van der Waals surface area contributed by atoms with Crippen molar-refractivity contribution in [3.8, 4) is 0 Å². The lowest BCUT2D eigenvalue weighted by atomic mass is 10.0. The van der Waals surface area contributed by atoms with Crippen LogP contribution in [0, 0.1) is 5.92 Å². The first kappa shape index (κ1) is 12.0. The van der Waals surface area contributed by atoms with Gasteiger partial charge in [0.05, 0.1) is 10.5 Å². The van der Waals surface area contributed by atoms with Crippen molar-refractivity contribution in [1.29, 1.82) is 0 Å². The minimum absolute atomic E-state index is 0.299. The summed E-state index contributed by atoms with van der Waals surface area (Å²) in [7, 11) is -2.95. The van der Waals surface area contributed by atoms with E-state index in [9.17, 15) is 8.42 Å². The molecule has 1 aliphatic rings. The van der Waals surface area contributed by atoms with Crippen LogP contribution in [-0.4, -0.2) is 32.1 Å². The molecular weight excluding hydrogens is 200 g/mol. The fraction of sp³-hybridized carbons (Fsp3) is 1.00. The van der Waals surface area contributed by atoms with Crippen LogP contribution in [0.1, 0.15) is 33.6 Å². The minimum Gasteiger partial charge on any atom is -0.381 e. The first-order valence-corrected chi connectivity index (χ1v) is 6.78. The summed E-state index contributed by atoms with van der Waals surface area (Å²) in [5.74, 6) is 0.618. The highest BCUT2D eigenvalue weighted by Crippen LogP contribution is 2.23. The summed E-state index contributed by atoms with van der Waals surface area (Å²) in [6.07, 6.45) is 1.77. The molecule has 1 fully saturated rings. The van der Waals surface area contributed by atoms with Crippen molar-refractivity contribution < 1.29 is 13.2 Å². The van der Waals surface area contributed by atoms with E-state index in [1.54, 1.807) is 20.8 Å². The van der Waals surface area contributed by atoms with Gasteiger partial charge in [-0.2, -0.15) is 0 Å². The topological polar surface area (TPSA) is 43.4 Å². The van der Waals surface area contributed by atoms with Gasteiger partial charge in [-0.15, -0.1) is 0 Å². The first-order chi connectivity index (χ1) is 6.33. The van der Waals surface area contributed by atoms with E-state index in [4.69, 9.17) is 4.74 Å². The highest BCUT2D eigenvalue weighted by Gasteiger charge is 2.32. The molecule has 14 heavy (non-hydrogen) atoms. The molecule has 0 N–H and O–H groups in total. The van der Waals surface area contributed by atoms with Gasteiger partial charge in [-0.3, -0.25) is 0 Å². The lowest BCUT2D eigenvalue weighted by Crippen LogP contribution is -2.34. The van der Waals surface area contributed by atoms with Crippen LogP contribution in [0.4, 0.5) is 0 Å². The Hall–Kier alpha value is -0.0900. The van der Waals surface area contributed by atoms with Crippen molar-refractivity contribution in [2.75, 3.05) is 19.0 Å². The second kappa shape index (κ2) is 4.19. The molecule has 0 aliphatic carbocycles. The van der Waals surface area contributed by atoms with Crippen molar-refractivity contribution in [1.82, 2.24) is 0 Å². The summed E-state index contributed by atoms with van der Waals surface area (Å²) in [5, 5.41) is 0. The molecule has 0 spiro atoms. The zero-order valence-corrected chi connectivity index (χ0v) is 10.1. The summed E-state index contributed by atoms with van der Waals surface area (Å²) in [6.45, 7) is 6.72. The molecule has 0 saturated carbocycles. The third-order valence-electron chi connectivity index (χ3n) is 2.73. The number of hydrogen-bond acceptors (Lipinski definition) is 3. The van der Waals surface area contributed by atoms with Gasteiger partial charge in [0.25, 0.3) is 0 Å². The van der Waals surface area contributed by atoms with Gasteiger partial charge in [-0.25, -0.2) is 8.42 Å². The molecule has 0 unspecified atom stereocenters. The van der Waals surface area contributed by atoms with Gasteiger partial charge < -0.3 is 4.74 Å². The standard InChI is InChI=1S/C10H20O3S/c1-10(2,3)14(11,12)8-9-4-6-13-7-5-9/h9H,4-8H2,1-3H3. The van der Waals surface area contributed by atoms with E-state index in [0.717, 1.165) is 12.8 Å². The van der Waals surface area contributed by atoms with Crippen LogP contribution in [0.3, 0.4) is 0 Å². The molecule has 0 atom stereocenters. The number of ether oxygens (including phenoxy) is 1. The van der Waals surface area contributed by atoms with Crippen LogP contribution in [0.2, 0.25) is 0 Å². The van der Waals surface area contributed by atoms with Crippen molar-refractivity contribution in [3.63, 3.8) is 0 Å². The normalized spacial score (nSPS) is 21.1. The third kappa shape index (κ3) is 2.95. The second-order valence-corrected chi connectivity index (χ2v) is 7.74. The van der Waals surface area contributed by atoms with Gasteiger partial charge in [0.2, 0.25) is 0 Å². The Morgan fingerprint density at radius 2 is 1.71 bits per heavy atom. The van der Waals surface area contributed by atoms with E-state index in [-0.39, 0.29) is 0 Å². The van der Waals surface area contributed by atoms with Gasteiger partial charge in [0.1, 0.15) is 0 Å². The van der Waals surface area contributed by atoms with Gasteiger partial charge in [0, 0.05) is 13.2 Å². The Morgan fingerprint density at radius 1 is 1.21 bits per heavy atom. The third-order valence-corrected chi connectivity index (χ3v) is 5.51. The number of rotatable bonds is 2. The van der Waals surface area contributed by atoms with E-state index in [1.165, 1.54) is 0 Å². The Balaban J connectivity index is 2.58. The largest absolute Gasteiger partial charge is 0.381 e. The molecule has 1 aliphatic heterocycles. The van der Waals surface area contributed by atoms with Crippen LogP contribution >= 0.6 is 0 Å². The fourth-order valence-corrected chi connectivity index (χ4v) is 2.93. The SMILES string of the molecule is CC(C)(C)S(=O)(=O)CC1CCOCC1. The maximum absolute atomic E-state index is 11.9. The molecule has 0 bridgehead atoms. The summed E-state index contributed by atoms with van der Waals surface area (Å²) in [4.78, 5) is 0.